The fourth-order valence-electron chi connectivity index (χ4n) is 3.44. The van der Waals surface area contributed by atoms with Gasteiger partial charge in [0.05, 0.1) is 12.1 Å². The van der Waals surface area contributed by atoms with Crippen LogP contribution in [-0.4, -0.2) is 39.9 Å². The average Bonchev–Trinajstić information content (AvgIpc) is 2.95. The number of pyridine rings is 1. The van der Waals surface area contributed by atoms with Crippen molar-refractivity contribution in [2.24, 2.45) is 0 Å². The molecule has 2 amide bonds. The van der Waals surface area contributed by atoms with Crippen LogP contribution in [-0.2, 0) is 4.79 Å². The van der Waals surface area contributed by atoms with Crippen LogP contribution in [0, 0.1) is 27.7 Å². The highest BCUT2D eigenvalue weighted by Crippen LogP contribution is 2.24. The number of aryl methyl sites for hydroxylation is 3. The number of nitrogens with one attached hydrogen (secondary N) is 1. The summed E-state index contributed by atoms with van der Waals surface area (Å²) in [5, 5.41) is 2.74. The summed E-state index contributed by atoms with van der Waals surface area (Å²) < 4.78 is 2.08. The predicted octanol–water partition coefficient (Wildman–Crippen LogP) is 3.82. The molecule has 0 spiro atoms. The van der Waals surface area contributed by atoms with E-state index in [1.165, 1.54) is 4.90 Å². The average molecular weight is 390 g/mol. The van der Waals surface area contributed by atoms with E-state index >= 15 is 0 Å². The molecule has 0 aliphatic rings. The van der Waals surface area contributed by atoms with Crippen LogP contribution in [0.5, 0.6) is 0 Å². The van der Waals surface area contributed by atoms with Crippen LogP contribution in [0.4, 0.5) is 5.82 Å². The van der Waals surface area contributed by atoms with Gasteiger partial charge in [-0.1, -0.05) is 18.2 Å². The van der Waals surface area contributed by atoms with Crippen LogP contribution < -0.4 is 5.32 Å². The number of nitrogens with zero attached hydrogens (tertiary/aromatic N) is 3. The Labute approximate surface area is 171 Å². The number of para-hydroxylation sites is 1. The Morgan fingerprint density at radius 1 is 1.07 bits per heavy atom. The normalized spacial score (nSPS) is 10.7. The maximum Gasteiger partial charge on any atom is 0.255 e. The minimum absolute atomic E-state index is 0.0531. The van der Waals surface area contributed by atoms with Crippen molar-refractivity contribution in [1.29, 1.82) is 0 Å². The largest absolute Gasteiger partial charge is 0.332 e. The lowest BCUT2D eigenvalue weighted by Crippen LogP contribution is -2.35. The van der Waals surface area contributed by atoms with Gasteiger partial charge >= 0.3 is 0 Å². The van der Waals surface area contributed by atoms with E-state index in [4.69, 9.17) is 0 Å². The molecule has 6 heteroatoms. The van der Waals surface area contributed by atoms with Crippen molar-refractivity contribution in [2.45, 2.75) is 27.7 Å². The number of likely N-dealkylation sites (N-methyl/N-ethyl adjacent to an activating group) is 1. The second-order valence-corrected chi connectivity index (χ2v) is 7.33. The molecule has 0 atom stereocenters. The van der Waals surface area contributed by atoms with Gasteiger partial charge in [-0.3, -0.25) is 9.59 Å². The van der Waals surface area contributed by atoms with Gasteiger partial charge in [-0.25, -0.2) is 4.98 Å². The first-order chi connectivity index (χ1) is 13.8. The lowest BCUT2D eigenvalue weighted by Gasteiger charge is -2.17. The van der Waals surface area contributed by atoms with E-state index in [1.54, 1.807) is 19.3 Å². The highest BCUT2D eigenvalue weighted by atomic mass is 16.2. The molecule has 2 heterocycles. The van der Waals surface area contributed by atoms with Gasteiger partial charge in [0.1, 0.15) is 5.82 Å². The first-order valence-corrected chi connectivity index (χ1v) is 9.51. The summed E-state index contributed by atoms with van der Waals surface area (Å²) in [4.78, 5) is 30.9. The molecule has 29 heavy (non-hydrogen) atoms. The molecule has 0 fully saturated rings. The van der Waals surface area contributed by atoms with Gasteiger partial charge in [-0.15, -0.1) is 0 Å². The Morgan fingerprint density at radius 2 is 1.79 bits per heavy atom. The summed E-state index contributed by atoms with van der Waals surface area (Å²) in [6.07, 6.45) is 1.64. The maximum atomic E-state index is 13.0. The lowest BCUT2D eigenvalue weighted by atomic mass is 10.2. The molecule has 2 aromatic heterocycles. The number of anilines is 1. The van der Waals surface area contributed by atoms with Crippen LogP contribution in [0.15, 0.2) is 48.7 Å². The van der Waals surface area contributed by atoms with Gasteiger partial charge in [0, 0.05) is 30.3 Å². The molecule has 0 saturated heterocycles. The minimum Gasteiger partial charge on any atom is -0.332 e. The van der Waals surface area contributed by atoms with Gasteiger partial charge in [0.2, 0.25) is 5.91 Å². The Kier molecular flexibility index (Phi) is 5.82. The zero-order valence-electron chi connectivity index (χ0n) is 17.5. The highest BCUT2D eigenvalue weighted by molar-refractivity contribution is 6.00. The smallest absolute Gasteiger partial charge is 0.255 e. The number of rotatable bonds is 5. The quantitative estimate of drug-likeness (QED) is 0.720. The highest BCUT2D eigenvalue weighted by Gasteiger charge is 2.21. The number of carbonyl (C=O) groups excluding carboxylic acids is 2. The van der Waals surface area contributed by atoms with Crippen molar-refractivity contribution in [1.82, 2.24) is 14.5 Å². The molecule has 6 nitrogen and oxygen atoms in total. The van der Waals surface area contributed by atoms with Crippen LogP contribution in [0.3, 0.4) is 0 Å². The molecule has 1 N–H and O–H groups in total. The summed E-state index contributed by atoms with van der Waals surface area (Å²) >= 11 is 0. The summed E-state index contributed by atoms with van der Waals surface area (Å²) in [5.41, 5.74) is 5.61. The van der Waals surface area contributed by atoms with E-state index in [1.807, 2.05) is 64.1 Å². The number of aromatic nitrogens is 2. The van der Waals surface area contributed by atoms with Gasteiger partial charge < -0.3 is 14.8 Å². The Hall–Kier alpha value is -3.41. The van der Waals surface area contributed by atoms with Crippen LogP contribution >= 0.6 is 0 Å². The zero-order chi connectivity index (χ0) is 21.1. The minimum atomic E-state index is -0.285. The van der Waals surface area contributed by atoms with E-state index in [-0.39, 0.29) is 18.4 Å². The van der Waals surface area contributed by atoms with Crippen molar-refractivity contribution >= 4 is 17.6 Å². The fraction of sp³-hybridized carbons (Fsp3) is 0.261. The van der Waals surface area contributed by atoms with Crippen molar-refractivity contribution in [3.63, 3.8) is 0 Å². The van der Waals surface area contributed by atoms with Crippen LogP contribution in [0.1, 0.15) is 32.9 Å². The third-order valence-electron chi connectivity index (χ3n) is 4.93. The second kappa shape index (κ2) is 8.31. The first-order valence-electron chi connectivity index (χ1n) is 9.51. The number of hydrogen-bond donors (Lipinski definition) is 1. The van der Waals surface area contributed by atoms with Gasteiger partial charge in [0.15, 0.2) is 0 Å². The summed E-state index contributed by atoms with van der Waals surface area (Å²) in [5.74, 6) is 0.00512. The van der Waals surface area contributed by atoms with E-state index < -0.39 is 0 Å². The Bertz CT molecular complexity index is 1070. The zero-order valence-corrected chi connectivity index (χ0v) is 17.5. The van der Waals surface area contributed by atoms with Crippen molar-refractivity contribution in [2.75, 3.05) is 18.9 Å². The van der Waals surface area contributed by atoms with E-state index in [0.29, 0.717) is 11.4 Å². The van der Waals surface area contributed by atoms with Crippen molar-refractivity contribution in [3.05, 3.63) is 76.7 Å². The molecular formula is C23H26N4O2. The monoisotopic (exact) mass is 390 g/mol. The van der Waals surface area contributed by atoms with E-state index in [2.05, 4.69) is 14.9 Å². The maximum absolute atomic E-state index is 13.0. The van der Waals surface area contributed by atoms with E-state index in [0.717, 1.165) is 28.2 Å². The first kappa shape index (κ1) is 20.3. The molecule has 0 aliphatic carbocycles. The van der Waals surface area contributed by atoms with Gasteiger partial charge in [0.25, 0.3) is 5.91 Å². The SMILES string of the molecule is Cc1ccnc(NC(=O)CN(C)C(=O)c2cc(C)n(-c3ccccc3C)c2C)c1. The van der Waals surface area contributed by atoms with Crippen molar-refractivity contribution in [3.8, 4) is 5.69 Å². The third-order valence-corrected chi connectivity index (χ3v) is 4.93. The molecular weight excluding hydrogens is 364 g/mol. The molecule has 1 aromatic carbocycles. The van der Waals surface area contributed by atoms with Crippen LogP contribution in [0.25, 0.3) is 5.69 Å². The summed E-state index contributed by atoms with van der Waals surface area (Å²) in [6.45, 7) is 7.83. The molecule has 0 saturated carbocycles. The standard InChI is InChI=1S/C23H26N4O2/c1-15-10-11-24-21(12-15)25-22(28)14-26(5)23(29)19-13-17(3)27(18(19)4)20-9-7-6-8-16(20)2/h6-13H,14H2,1-5H3,(H,24,25,28). The summed E-state index contributed by atoms with van der Waals surface area (Å²) in [6, 6.07) is 13.6. The molecule has 0 radical (unpaired) electrons. The lowest BCUT2D eigenvalue weighted by molar-refractivity contribution is -0.116. The van der Waals surface area contributed by atoms with Gasteiger partial charge in [-0.05, 0) is 63.1 Å². The Morgan fingerprint density at radius 3 is 2.48 bits per heavy atom. The number of hydrogen-bond acceptors (Lipinski definition) is 3. The Balaban J connectivity index is 1.77. The molecule has 0 bridgehead atoms. The molecule has 3 aromatic rings. The predicted molar refractivity (Wildman–Crippen MR) is 115 cm³/mol. The summed E-state index contributed by atoms with van der Waals surface area (Å²) in [7, 11) is 1.63. The molecule has 3 rings (SSSR count). The fourth-order valence-corrected chi connectivity index (χ4v) is 3.44. The molecule has 0 aliphatic heterocycles. The molecule has 150 valence electrons. The van der Waals surface area contributed by atoms with Gasteiger partial charge in [-0.2, -0.15) is 0 Å². The second-order valence-electron chi connectivity index (χ2n) is 7.33. The third kappa shape index (κ3) is 4.37. The number of amides is 2. The van der Waals surface area contributed by atoms with Crippen molar-refractivity contribution < 1.29 is 9.59 Å². The topological polar surface area (TPSA) is 67.2 Å². The van der Waals surface area contributed by atoms with Crippen LogP contribution in [0.2, 0.25) is 0 Å². The number of benzene rings is 1. The molecule has 0 unspecified atom stereocenters. The van der Waals surface area contributed by atoms with E-state index in [9.17, 15) is 9.59 Å². The number of carbonyl (C=O) groups is 2.